The SMILES string of the molecule is NC(=O)c1cccc(Oc2cnc3[nH]ccc3c2)c1S(=O)(=O)c1ccc(NCC2CCOCC2)c(C(F)(F)F)c1. The molecule has 0 saturated carbocycles. The Morgan fingerprint density at radius 2 is 1.93 bits per heavy atom. The summed E-state index contributed by atoms with van der Waals surface area (Å²) in [5.41, 5.74) is 4.21. The number of H-pyrrole nitrogens is 1. The molecule has 1 saturated heterocycles. The number of nitrogens with two attached hydrogens (primary N) is 1. The van der Waals surface area contributed by atoms with Crippen molar-refractivity contribution in [2.24, 2.45) is 11.7 Å². The smallest absolute Gasteiger partial charge is 0.418 e. The van der Waals surface area contributed by atoms with Gasteiger partial charge >= 0.3 is 6.18 Å². The Morgan fingerprint density at radius 1 is 1.15 bits per heavy atom. The largest absolute Gasteiger partial charge is 0.454 e. The third-order valence-corrected chi connectivity index (χ3v) is 8.48. The van der Waals surface area contributed by atoms with Gasteiger partial charge in [-0.1, -0.05) is 6.07 Å². The van der Waals surface area contributed by atoms with Crippen molar-refractivity contribution in [3.05, 3.63) is 72.1 Å². The van der Waals surface area contributed by atoms with E-state index in [1.165, 1.54) is 24.4 Å². The highest BCUT2D eigenvalue weighted by molar-refractivity contribution is 7.91. The summed E-state index contributed by atoms with van der Waals surface area (Å²) in [6.07, 6.45) is -0.442. The van der Waals surface area contributed by atoms with Crippen molar-refractivity contribution in [2.75, 3.05) is 25.1 Å². The quantitative estimate of drug-likeness (QED) is 0.265. The van der Waals surface area contributed by atoms with Crippen LogP contribution in [0.1, 0.15) is 28.8 Å². The maximum atomic E-state index is 14.1. The number of carbonyl (C=O) groups excluding carboxylic acids is 1. The number of amides is 1. The number of nitrogens with zero attached hydrogens (tertiary/aromatic N) is 1. The van der Waals surface area contributed by atoms with Crippen LogP contribution in [-0.4, -0.2) is 44.1 Å². The lowest BCUT2D eigenvalue weighted by Gasteiger charge is -2.24. The Morgan fingerprint density at radius 3 is 2.65 bits per heavy atom. The van der Waals surface area contributed by atoms with Crippen LogP contribution in [0.2, 0.25) is 0 Å². The molecule has 1 fully saturated rings. The molecule has 1 aliphatic rings. The predicted octanol–water partition coefficient (Wildman–Crippen LogP) is 5.14. The second-order valence-electron chi connectivity index (χ2n) is 9.33. The fourth-order valence-corrected chi connectivity index (χ4v) is 6.16. The van der Waals surface area contributed by atoms with Gasteiger partial charge in [0.05, 0.1) is 22.2 Å². The number of hydrogen-bond acceptors (Lipinski definition) is 7. The lowest BCUT2D eigenvalue weighted by Crippen LogP contribution is -2.24. The topological polar surface area (TPSA) is 136 Å². The van der Waals surface area contributed by atoms with Crippen LogP contribution in [0.15, 0.2) is 70.7 Å². The molecule has 9 nitrogen and oxygen atoms in total. The minimum atomic E-state index is -4.86. The molecule has 2 aromatic heterocycles. The highest BCUT2D eigenvalue weighted by Gasteiger charge is 2.37. The van der Waals surface area contributed by atoms with Gasteiger partial charge in [-0.25, -0.2) is 13.4 Å². The Bertz CT molecular complexity index is 1660. The van der Waals surface area contributed by atoms with Gasteiger partial charge in [0.25, 0.3) is 0 Å². The van der Waals surface area contributed by atoms with Crippen LogP contribution in [-0.2, 0) is 20.8 Å². The van der Waals surface area contributed by atoms with Crippen molar-refractivity contribution in [1.29, 1.82) is 0 Å². The van der Waals surface area contributed by atoms with Crippen LogP contribution < -0.4 is 15.8 Å². The second kappa shape index (κ2) is 10.8. The Kier molecular flexibility index (Phi) is 7.43. The second-order valence-corrected chi connectivity index (χ2v) is 11.2. The van der Waals surface area contributed by atoms with Crippen molar-refractivity contribution in [2.45, 2.75) is 28.8 Å². The monoisotopic (exact) mass is 574 g/mol. The number of aromatic amines is 1. The summed E-state index contributed by atoms with van der Waals surface area (Å²) in [7, 11) is -4.73. The maximum absolute atomic E-state index is 14.1. The first-order chi connectivity index (χ1) is 19.0. The standard InChI is InChI=1S/C27H25F3N4O5S/c28-27(29,30)21-13-19(4-5-22(21)33-14-16-7-10-38-11-8-16)40(36,37)24-20(25(31)35)2-1-3-23(24)39-18-12-17-6-9-32-26(17)34-15-18/h1-6,9,12-13,15-16,33H,7-8,10-11,14H2,(H2,31,35)(H,32,34). The van der Waals surface area contributed by atoms with Gasteiger partial charge in [-0.05, 0) is 61.2 Å². The summed E-state index contributed by atoms with van der Waals surface area (Å²) in [4.78, 5) is 18.0. The van der Waals surface area contributed by atoms with E-state index in [4.69, 9.17) is 15.2 Å². The van der Waals surface area contributed by atoms with Crippen LogP contribution in [0.3, 0.4) is 0 Å². The Hall–Kier alpha value is -4.10. The minimum Gasteiger partial charge on any atom is -0.454 e. The van der Waals surface area contributed by atoms with E-state index in [0.717, 1.165) is 12.1 Å². The van der Waals surface area contributed by atoms with E-state index in [1.54, 1.807) is 18.3 Å². The number of rotatable bonds is 8. The minimum absolute atomic E-state index is 0.125. The van der Waals surface area contributed by atoms with Crippen LogP contribution >= 0.6 is 0 Å². The van der Waals surface area contributed by atoms with Gasteiger partial charge in [-0.15, -0.1) is 0 Å². The number of anilines is 1. The van der Waals surface area contributed by atoms with Crippen molar-refractivity contribution in [3.63, 3.8) is 0 Å². The molecule has 1 aliphatic heterocycles. The van der Waals surface area contributed by atoms with Crippen LogP contribution in [0.4, 0.5) is 18.9 Å². The first-order valence-electron chi connectivity index (χ1n) is 12.4. The zero-order valence-corrected chi connectivity index (χ0v) is 21.8. The number of halogens is 3. The molecule has 0 spiro atoms. The van der Waals surface area contributed by atoms with Crippen molar-refractivity contribution >= 4 is 32.5 Å². The molecule has 5 rings (SSSR count). The summed E-state index contributed by atoms with van der Waals surface area (Å²) >= 11 is 0. The highest BCUT2D eigenvalue weighted by atomic mass is 32.2. The third-order valence-electron chi connectivity index (χ3n) is 6.64. The lowest BCUT2D eigenvalue weighted by atomic mass is 10.00. The molecule has 2 aromatic carbocycles. The third kappa shape index (κ3) is 5.61. The molecule has 0 unspecified atom stereocenters. The number of nitrogens with one attached hydrogen (secondary N) is 2. The van der Waals surface area contributed by atoms with Gasteiger partial charge in [0.15, 0.2) is 0 Å². The molecule has 1 amide bonds. The first kappa shape index (κ1) is 27.5. The molecule has 40 heavy (non-hydrogen) atoms. The van der Waals surface area contributed by atoms with E-state index in [1.807, 2.05) is 0 Å². The molecule has 210 valence electrons. The summed E-state index contributed by atoms with van der Waals surface area (Å²) in [6.45, 7) is 1.35. The summed E-state index contributed by atoms with van der Waals surface area (Å²) in [6, 6.07) is 9.82. The number of fused-ring (bicyclic) bond motifs is 1. The fraction of sp³-hybridized carbons (Fsp3) is 0.259. The molecule has 0 radical (unpaired) electrons. The summed E-state index contributed by atoms with van der Waals surface area (Å²) in [5, 5.41) is 3.49. The van der Waals surface area contributed by atoms with E-state index >= 15 is 0 Å². The predicted molar refractivity (Wildman–Crippen MR) is 140 cm³/mol. The van der Waals surface area contributed by atoms with Crippen molar-refractivity contribution in [3.8, 4) is 11.5 Å². The van der Waals surface area contributed by atoms with Crippen LogP contribution in [0.25, 0.3) is 11.0 Å². The number of aromatic nitrogens is 2. The summed E-state index contributed by atoms with van der Waals surface area (Å²) < 4.78 is 81.0. The number of pyridine rings is 1. The number of primary amides is 1. The number of carbonyl (C=O) groups is 1. The molecule has 4 N–H and O–H groups in total. The average Bonchev–Trinajstić information content (AvgIpc) is 3.39. The molecule has 0 bridgehead atoms. The van der Waals surface area contributed by atoms with Crippen molar-refractivity contribution in [1.82, 2.24) is 9.97 Å². The average molecular weight is 575 g/mol. The molecule has 13 heteroatoms. The normalized spacial score (nSPS) is 14.8. The van der Waals surface area contributed by atoms with E-state index in [0.29, 0.717) is 43.2 Å². The Labute approximate surface area is 227 Å². The van der Waals surface area contributed by atoms with Crippen LogP contribution in [0, 0.1) is 5.92 Å². The molecule has 0 atom stereocenters. The molecular formula is C27H25F3N4O5S. The lowest BCUT2D eigenvalue weighted by molar-refractivity contribution is -0.137. The number of alkyl halides is 3. The Balaban J connectivity index is 1.55. The van der Waals surface area contributed by atoms with Crippen LogP contribution in [0.5, 0.6) is 11.5 Å². The van der Waals surface area contributed by atoms with Crippen molar-refractivity contribution < 1.29 is 35.9 Å². The zero-order chi connectivity index (χ0) is 28.5. The molecule has 0 aliphatic carbocycles. The van der Waals surface area contributed by atoms with Gasteiger partial charge in [-0.3, -0.25) is 4.79 Å². The number of sulfone groups is 1. The molecular weight excluding hydrogens is 549 g/mol. The first-order valence-corrected chi connectivity index (χ1v) is 13.8. The number of benzene rings is 2. The van der Waals surface area contributed by atoms with Gasteiger partial charge in [0.2, 0.25) is 15.7 Å². The molecule has 3 heterocycles. The highest BCUT2D eigenvalue weighted by Crippen LogP contribution is 2.40. The van der Waals surface area contributed by atoms with Gasteiger partial charge in [0, 0.05) is 37.0 Å². The zero-order valence-electron chi connectivity index (χ0n) is 21.0. The van der Waals surface area contributed by atoms with E-state index in [9.17, 15) is 26.4 Å². The molecule has 4 aromatic rings. The van der Waals surface area contributed by atoms with Gasteiger partial charge in [-0.2, -0.15) is 13.2 Å². The number of ether oxygens (including phenoxy) is 2. The van der Waals surface area contributed by atoms with E-state index in [-0.39, 0.29) is 29.6 Å². The maximum Gasteiger partial charge on any atom is 0.418 e. The van der Waals surface area contributed by atoms with Gasteiger partial charge in [0.1, 0.15) is 22.0 Å². The fourth-order valence-electron chi connectivity index (χ4n) is 4.57. The number of hydrogen-bond donors (Lipinski definition) is 3. The van der Waals surface area contributed by atoms with Gasteiger partial charge < -0.3 is 25.5 Å². The van der Waals surface area contributed by atoms with E-state index < -0.39 is 42.8 Å². The van der Waals surface area contributed by atoms with E-state index in [2.05, 4.69) is 15.3 Å². The summed E-state index contributed by atoms with van der Waals surface area (Å²) in [5.74, 6) is -1.11.